The summed E-state index contributed by atoms with van der Waals surface area (Å²) in [7, 11) is 0. The Balaban J connectivity index is 1.95. The number of carbonyl (C=O) groups excluding carboxylic acids is 1. The smallest absolute Gasteiger partial charge is 0.355 e. The van der Waals surface area contributed by atoms with E-state index < -0.39 is 23.9 Å². The average Bonchev–Trinajstić information content (AvgIpc) is 2.93. The molecule has 2 rings (SSSR count). The lowest BCUT2D eigenvalue weighted by atomic mass is 9.78. The molecule has 0 spiro atoms. The first-order chi connectivity index (χ1) is 9.88. The molecule has 2 aliphatic carbocycles. The lowest BCUT2D eigenvalue weighted by Gasteiger charge is -2.34. The van der Waals surface area contributed by atoms with Gasteiger partial charge in [0.15, 0.2) is 0 Å². The maximum Gasteiger partial charge on any atom is 0.392 e. The van der Waals surface area contributed by atoms with E-state index >= 15 is 0 Å². The topological polar surface area (TPSA) is 55.1 Å². The van der Waals surface area contributed by atoms with Crippen molar-refractivity contribution in [1.82, 2.24) is 5.32 Å². The van der Waals surface area contributed by atoms with Crippen molar-refractivity contribution in [3.63, 3.8) is 0 Å². The van der Waals surface area contributed by atoms with Crippen LogP contribution < -0.4 is 11.1 Å². The van der Waals surface area contributed by atoms with Crippen LogP contribution in [0.4, 0.5) is 13.2 Å². The fourth-order valence-electron chi connectivity index (χ4n) is 3.82. The van der Waals surface area contributed by atoms with E-state index in [1.54, 1.807) is 0 Å². The summed E-state index contributed by atoms with van der Waals surface area (Å²) in [4.78, 5) is 12.2. The van der Waals surface area contributed by atoms with Crippen molar-refractivity contribution in [2.45, 2.75) is 57.5 Å². The summed E-state index contributed by atoms with van der Waals surface area (Å²) in [5, 5.41) is 2.77. The standard InChI is InChI=1S/C15H25F3N2O/c16-15(17,18)12-6-2-1-5-11(12)13(21)20-10-14(9-19)7-3-4-8-14/h11-12H,1-10,19H2,(H,20,21). The highest BCUT2D eigenvalue weighted by Gasteiger charge is 2.48. The summed E-state index contributed by atoms with van der Waals surface area (Å²) in [6, 6.07) is 0. The second-order valence-corrected chi connectivity index (χ2v) is 6.67. The highest BCUT2D eigenvalue weighted by atomic mass is 19.4. The number of nitrogens with one attached hydrogen (secondary N) is 1. The van der Waals surface area contributed by atoms with Crippen molar-refractivity contribution in [3.05, 3.63) is 0 Å². The van der Waals surface area contributed by atoms with Gasteiger partial charge in [0, 0.05) is 12.5 Å². The minimum absolute atomic E-state index is 0.0730. The number of carbonyl (C=O) groups is 1. The molecule has 6 heteroatoms. The molecule has 2 atom stereocenters. The quantitative estimate of drug-likeness (QED) is 0.839. The van der Waals surface area contributed by atoms with Gasteiger partial charge >= 0.3 is 6.18 Å². The predicted molar refractivity (Wildman–Crippen MR) is 74.5 cm³/mol. The third kappa shape index (κ3) is 3.90. The van der Waals surface area contributed by atoms with Crippen LogP contribution >= 0.6 is 0 Å². The van der Waals surface area contributed by atoms with Gasteiger partial charge in [-0.1, -0.05) is 25.7 Å². The van der Waals surface area contributed by atoms with E-state index in [2.05, 4.69) is 5.32 Å². The Morgan fingerprint density at radius 3 is 2.33 bits per heavy atom. The molecule has 2 fully saturated rings. The number of nitrogens with two attached hydrogens (primary N) is 1. The summed E-state index contributed by atoms with van der Waals surface area (Å²) in [5.74, 6) is -2.84. The lowest BCUT2D eigenvalue weighted by Crippen LogP contribution is -2.47. The summed E-state index contributed by atoms with van der Waals surface area (Å²) in [6.45, 7) is 0.907. The monoisotopic (exact) mass is 306 g/mol. The molecule has 0 heterocycles. The number of amides is 1. The number of halogens is 3. The van der Waals surface area contributed by atoms with Gasteiger partial charge in [0.2, 0.25) is 5.91 Å². The van der Waals surface area contributed by atoms with Crippen LogP contribution in [-0.2, 0) is 4.79 Å². The molecule has 2 aliphatic rings. The van der Waals surface area contributed by atoms with E-state index in [1.807, 2.05) is 0 Å². The average molecular weight is 306 g/mol. The molecule has 2 saturated carbocycles. The molecule has 3 nitrogen and oxygen atoms in total. The van der Waals surface area contributed by atoms with E-state index in [9.17, 15) is 18.0 Å². The molecular formula is C15H25F3N2O. The van der Waals surface area contributed by atoms with E-state index in [0.29, 0.717) is 32.4 Å². The van der Waals surface area contributed by atoms with Crippen LogP contribution in [0, 0.1) is 17.3 Å². The van der Waals surface area contributed by atoms with Crippen molar-refractivity contribution in [1.29, 1.82) is 0 Å². The van der Waals surface area contributed by atoms with Crippen molar-refractivity contribution in [3.8, 4) is 0 Å². The Labute approximate surface area is 123 Å². The van der Waals surface area contributed by atoms with Crippen LogP contribution in [0.25, 0.3) is 0 Å². The van der Waals surface area contributed by atoms with Gasteiger partial charge in [0.1, 0.15) is 0 Å². The van der Waals surface area contributed by atoms with Crippen molar-refractivity contribution in [2.24, 2.45) is 23.0 Å². The minimum atomic E-state index is -4.28. The molecule has 21 heavy (non-hydrogen) atoms. The van der Waals surface area contributed by atoms with E-state index in [-0.39, 0.29) is 11.8 Å². The van der Waals surface area contributed by atoms with E-state index in [4.69, 9.17) is 5.73 Å². The largest absolute Gasteiger partial charge is 0.392 e. The SMILES string of the molecule is NCC1(CNC(=O)C2CCCCC2C(F)(F)F)CCCC1. The van der Waals surface area contributed by atoms with Gasteiger partial charge in [-0.25, -0.2) is 0 Å². The summed E-state index contributed by atoms with van der Waals surface area (Å²) < 4.78 is 39.1. The van der Waals surface area contributed by atoms with Crippen LogP contribution in [0.1, 0.15) is 51.4 Å². The maximum absolute atomic E-state index is 13.0. The van der Waals surface area contributed by atoms with Crippen LogP contribution in [-0.4, -0.2) is 25.2 Å². The number of hydrogen-bond donors (Lipinski definition) is 2. The van der Waals surface area contributed by atoms with Crippen molar-refractivity contribution < 1.29 is 18.0 Å². The lowest BCUT2D eigenvalue weighted by molar-refractivity contribution is -0.198. The number of alkyl halides is 3. The van der Waals surface area contributed by atoms with E-state index in [1.165, 1.54) is 0 Å². The Morgan fingerprint density at radius 2 is 1.76 bits per heavy atom. The molecule has 3 N–H and O–H groups in total. The van der Waals surface area contributed by atoms with Crippen LogP contribution in [0.2, 0.25) is 0 Å². The second kappa shape index (κ2) is 6.55. The summed E-state index contributed by atoms with van der Waals surface area (Å²) >= 11 is 0. The van der Waals surface area contributed by atoms with Crippen LogP contribution in [0.3, 0.4) is 0 Å². The fraction of sp³-hybridized carbons (Fsp3) is 0.933. The van der Waals surface area contributed by atoms with Crippen molar-refractivity contribution in [2.75, 3.05) is 13.1 Å². The summed E-state index contributed by atoms with van der Waals surface area (Å²) in [5.41, 5.74) is 5.70. The van der Waals surface area contributed by atoms with Gasteiger partial charge in [0.25, 0.3) is 0 Å². The molecule has 0 radical (unpaired) electrons. The zero-order valence-corrected chi connectivity index (χ0v) is 12.3. The first kappa shape index (κ1) is 16.6. The van der Waals surface area contributed by atoms with Gasteiger partial charge in [-0.05, 0) is 37.6 Å². The molecule has 2 unspecified atom stereocenters. The third-order valence-electron chi connectivity index (χ3n) is 5.26. The van der Waals surface area contributed by atoms with Gasteiger partial charge in [-0.3, -0.25) is 4.79 Å². The Morgan fingerprint density at radius 1 is 1.14 bits per heavy atom. The zero-order valence-electron chi connectivity index (χ0n) is 12.3. The molecule has 0 aromatic carbocycles. The van der Waals surface area contributed by atoms with E-state index in [0.717, 1.165) is 25.7 Å². The highest BCUT2D eigenvalue weighted by molar-refractivity contribution is 5.79. The first-order valence-electron chi connectivity index (χ1n) is 7.92. The molecule has 122 valence electrons. The van der Waals surface area contributed by atoms with Gasteiger partial charge in [-0.15, -0.1) is 0 Å². The first-order valence-corrected chi connectivity index (χ1v) is 7.92. The minimum Gasteiger partial charge on any atom is -0.355 e. The molecular weight excluding hydrogens is 281 g/mol. The maximum atomic E-state index is 13.0. The number of hydrogen-bond acceptors (Lipinski definition) is 2. The van der Waals surface area contributed by atoms with Crippen molar-refractivity contribution >= 4 is 5.91 Å². The molecule has 1 amide bonds. The summed E-state index contributed by atoms with van der Waals surface area (Å²) in [6.07, 6.45) is 1.47. The fourth-order valence-corrected chi connectivity index (χ4v) is 3.82. The molecule has 0 saturated heterocycles. The second-order valence-electron chi connectivity index (χ2n) is 6.67. The van der Waals surface area contributed by atoms with Gasteiger partial charge < -0.3 is 11.1 Å². The third-order valence-corrected chi connectivity index (χ3v) is 5.26. The van der Waals surface area contributed by atoms with Gasteiger partial charge in [0.05, 0.1) is 5.92 Å². The highest BCUT2D eigenvalue weighted by Crippen LogP contribution is 2.42. The Kier molecular flexibility index (Phi) is 5.17. The number of rotatable bonds is 4. The predicted octanol–water partition coefficient (Wildman–Crippen LogP) is 2.99. The van der Waals surface area contributed by atoms with Gasteiger partial charge in [-0.2, -0.15) is 13.2 Å². The molecule has 0 bridgehead atoms. The molecule has 0 aromatic rings. The zero-order chi connectivity index (χ0) is 15.5. The normalized spacial score (nSPS) is 29.3. The molecule has 0 aromatic heterocycles. The van der Waals surface area contributed by atoms with Crippen LogP contribution in [0.5, 0.6) is 0 Å². The Hall–Kier alpha value is -0.780. The Bertz CT molecular complexity index is 364. The molecule has 0 aliphatic heterocycles. The van der Waals surface area contributed by atoms with Crippen LogP contribution in [0.15, 0.2) is 0 Å².